The molecule has 3 nitrogen and oxygen atoms in total. The van der Waals surface area contributed by atoms with Crippen LogP contribution in [0.15, 0.2) is 12.3 Å². The van der Waals surface area contributed by atoms with E-state index in [9.17, 15) is 0 Å². The average molecular weight is 214 g/mol. The lowest BCUT2D eigenvalue weighted by atomic mass is 10.3. The van der Waals surface area contributed by atoms with Crippen LogP contribution in [0.3, 0.4) is 0 Å². The van der Waals surface area contributed by atoms with Crippen LogP contribution in [0.1, 0.15) is 26.7 Å². The average Bonchev–Trinajstić information content (AvgIpc) is 2.17. The second kappa shape index (κ2) is 5.81. The predicted molar refractivity (Wildman–Crippen MR) is 59.8 cm³/mol. The fourth-order valence-electron chi connectivity index (χ4n) is 1.38. The van der Waals surface area contributed by atoms with E-state index in [1.807, 2.05) is 6.07 Å². The van der Waals surface area contributed by atoms with Gasteiger partial charge in [-0.25, -0.2) is 9.97 Å². The molecule has 0 N–H and O–H groups in total. The van der Waals surface area contributed by atoms with Crippen molar-refractivity contribution in [2.75, 3.05) is 18.0 Å². The Bertz CT molecular complexity index is 272. The van der Waals surface area contributed by atoms with E-state index in [1.54, 1.807) is 6.20 Å². The SMILES string of the molecule is CCCN(CCC)c1ccnc(Cl)n1. The van der Waals surface area contributed by atoms with Crippen molar-refractivity contribution >= 4 is 17.4 Å². The van der Waals surface area contributed by atoms with Crippen molar-refractivity contribution < 1.29 is 0 Å². The zero-order chi connectivity index (χ0) is 10.4. The number of anilines is 1. The highest BCUT2D eigenvalue weighted by molar-refractivity contribution is 6.28. The molecule has 78 valence electrons. The minimum atomic E-state index is 0.319. The number of rotatable bonds is 5. The quantitative estimate of drug-likeness (QED) is 0.705. The van der Waals surface area contributed by atoms with Gasteiger partial charge in [0, 0.05) is 19.3 Å². The van der Waals surface area contributed by atoms with Crippen LogP contribution in [-0.4, -0.2) is 23.1 Å². The molecule has 14 heavy (non-hydrogen) atoms. The molecule has 1 aromatic heterocycles. The van der Waals surface area contributed by atoms with Crippen LogP contribution >= 0.6 is 11.6 Å². The molecule has 1 rings (SSSR count). The largest absolute Gasteiger partial charge is 0.356 e. The van der Waals surface area contributed by atoms with Gasteiger partial charge in [0.2, 0.25) is 5.28 Å². The molecular weight excluding hydrogens is 198 g/mol. The number of hydrogen-bond donors (Lipinski definition) is 0. The maximum atomic E-state index is 5.74. The third-order valence-corrected chi connectivity index (χ3v) is 2.10. The van der Waals surface area contributed by atoms with E-state index < -0.39 is 0 Å². The second-order valence-corrected chi connectivity index (χ2v) is 3.51. The van der Waals surface area contributed by atoms with Crippen LogP contribution in [0.5, 0.6) is 0 Å². The molecule has 0 radical (unpaired) electrons. The van der Waals surface area contributed by atoms with Gasteiger partial charge in [-0.3, -0.25) is 0 Å². The normalized spacial score (nSPS) is 10.2. The van der Waals surface area contributed by atoms with Gasteiger partial charge in [0.25, 0.3) is 0 Å². The summed E-state index contributed by atoms with van der Waals surface area (Å²) in [7, 11) is 0. The van der Waals surface area contributed by atoms with Gasteiger partial charge >= 0.3 is 0 Å². The Morgan fingerprint density at radius 3 is 2.43 bits per heavy atom. The predicted octanol–water partition coefficient (Wildman–Crippen LogP) is 2.76. The van der Waals surface area contributed by atoms with Crippen LogP contribution in [0.25, 0.3) is 0 Å². The Balaban J connectivity index is 2.75. The fourth-order valence-corrected chi connectivity index (χ4v) is 1.53. The maximum absolute atomic E-state index is 5.74. The molecule has 0 amide bonds. The van der Waals surface area contributed by atoms with Crippen molar-refractivity contribution in [3.05, 3.63) is 17.5 Å². The molecule has 1 heterocycles. The molecule has 0 unspecified atom stereocenters. The first-order valence-electron chi connectivity index (χ1n) is 5.01. The van der Waals surface area contributed by atoms with Gasteiger partial charge in [0.15, 0.2) is 0 Å². The van der Waals surface area contributed by atoms with Crippen molar-refractivity contribution in [3.8, 4) is 0 Å². The minimum Gasteiger partial charge on any atom is -0.356 e. The Labute approximate surface area is 90.1 Å². The van der Waals surface area contributed by atoms with E-state index in [0.717, 1.165) is 31.7 Å². The van der Waals surface area contributed by atoms with Crippen LogP contribution < -0.4 is 4.90 Å². The summed E-state index contributed by atoms with van der Waals surface area (Å²) in [5.74, 6) is 0.925. The Morgan fingerprint density at radius 1 is 1.29 bits per heavy atom. The van der Waals surface area contributed by atoms with Gasteiger partial charge < -0.3 is 4.90 Å². The zero-order valence-electron chi connectivity index (χ0n) is 8.70. The molecular formula is C10H16ClN3. The highest BCUT2D eigenvalue weighted by Crippen LogP contribution is 2.12. The van der Waals surface area contributed by atoms with E-state index in [2.05, 4.69) is 28.7 Å². The van der Waals surface area contributed by atoms with E-state index >= 15 is 0 Å². The van der Waals surface area contributed by atoms with Crippen molar-refractivity contribution in [1.29, 1.82) is 0 Å². The number of nitrogens with zero attached hydrogens (tertiary/aromatic N) is 3. The summed E-state index contributed by atoms with van der Waals surface area (Å²) in [6.45, 7) is 6.35. The van der Waals surface area contributed by atoms with Crippen molar-refractivity contribution in [1.82, 2.24) is 9.97 Å². The summed E-state index contributed by atoms with van der Waals surface area (Å²) in [4.78, 5) is 10.3. The van der Waals surface area contributed by atoms with Gasteiger partial charge in [0.1, 0.15) is 5.82 Å². The van der Waals surface area contributed by atoms with Gasteiger partial charge in [-0.15, -0.1) is 0 Å². The second-order valence-electron chi connectivity index (χ2n) is 3.17. The Hall–Kier alpha value is -0.830. The summed E-state index contributed by atoms with van der Waals surface area (Å²) >= 11 is 5.74. The molecule has 0 fully saturated rings. The molecule has 0 spiro atoms. The Kier molecular flexibility index (Phi) is 4.66. The van der Waals surface area contributed by atoms with Gasteiger partial charge in [0.05, 0.1) is 0 Å². The van der Waals surface area contributed by atoms with Crippen molar-refractivity contribution in [2.24, 2.45) is 0 Å². The van der Waals surface area contributed by atoms with E-state index in [0.29, 0.717) is 5.28 Å². The third kappa shape index (κ3) is 3.14. The van der Waals surface area contributed by atoms with Crippen LogP contribution in [0, 0.1) is 0 Å². The first kappa shape index (κ1) is 11.2. The summed E-state index contributed by atoms with van der Waals surface area (Å²) in [5, 5.41) is 0.319. The molecule has 0 saturated carbocycles. The molecule has 4 heteroatoms. The molecule has 0 aliphatic carbocycles. The van der Waals surface area contributed by atoms with Crippen LogP contribution in [0.2, 0.25) is 5.28 Å². The standard InChI is InChI=1S/C10H16ClN3/c1-3-7-14(8-4-2)9-5-6-12-10(11)13-9/h5-6H,3-4,7-8H2,1-2H3. The third-order valence-electron chi connectivity index (χ3n) is 1.92. The summed E-state index contributed by atoms with van der Waals surface area (Å²) in [6, 6.07) is 1.90. The smallest absolute Gasteiger partial charge is 0.224 e. The topological polar surface area (TPSA) is 29.0 Å². The van der Waals surface area contributed by atoms with Crippen molar-refractivity contribution in [3.63, 3.8) is 0 Å². The number of halogens is 1. The highest BCUT2D eigenvalue weighted by Gasteiger charge is 2.05. The molecule has 0 bridgehead atoms. The first-order chi connectivity index (χ1) is 6.77. The van der Waals surface area contributed by atoms with Gasteiger partial charge in [-0.1, -0.05) is 13.8 Å². The van der Waals surface area contributed by atoms with Gasteiger partial charge in [-0.2, -0.15) is 0 Å². The fraction of sp³-hybridized carbons (Fsp3) is 0.600. The van der Waals surface area contributed by atoms with Crippen LogP contribution in [-0.2, 0) is 0 Å². The van der Waals surface area contributed by atoms with Crippen molar-refractivity contribution in [2.45, 2.75) is 26.7 Å². The monoisotopic (exact) mass is 213 g/mol. The molecule has 0 aliphatic heterocycles. The number of aromatic nitrogens is 2. The molecule has 0 atom stereocenters. The molecule has 0 aromatic carbocycles. The zero-order valence-corrected chi connectivity index (χ0v) is 9.46. The minimum absolute atomic E-state index is 0.319. The summed E-state index contributed by atoms with van der Waals surface area (Å²) in [6.07, 6.45) is 3.92. The lowest BCUT2D eigenvalue weighted by Gasteiger charge is -2.22. The first-order valence-corrected chi connectivity index (χ1v) is 5.39. The Morgan fingerprint density at radius 2 is 1.93 bits per heavy atom. The molecule has 0 aliphatic rings. The lowest BCUT2D eigenvalue weighted by Crippen LogP contribution is -2.25. The summed E-state index contributed by atoms with van der Waals surface area (Å²) in [5.41, 5.74) is 0. The molecule has 1 aromatic rings. The number of hydrogen-bond acceptors (Lipinski definition) is 3. The maximum Gasteiger partial charge on any atom is 0.224 e. The highest BCUT2D eigenvalue weighted by atomic mass is 35.5. The summed E-state index contributed by atoms with van der Waals surface area (Å²) < 4.78 is 0. The molecule has 0 saturated heterocycles. The van der Waals surface area contributed by atoms with E-state index in [1.165, 1.54) is 0 Å². The van der Waals surface area contributed by atoms with Gasteiger partial charge in [-0.05, 0) is 30.5 Å². The lowest BCUT2D eigenvalue weighted by molar-refractivity contribution is 0.732. The van der Waals surface area contributed by atoms with Crippen LogP contribution in [0.4, 0.5) is 5.82 Å². The van der Waals surface area contributed by atoms with E-state index in [4.69, 9.17) is 11.6 Å². The van der Waals surface area contributed by atoms with E-state index in [-0.39, 0.29) is 0 Å².